The molecule has 0 saturated heterocycles. The summed E-state index contributed by atoms with van der Waals surface area (Å²) < 4.78 is 0. The third kappa shape index (κ3) is 1.22. The zero-order valence-corrected chi connectivity index (χ0v) is 8.09. The van der Waals surface area contributed by atoms with E-state index in [2.05, 4.69) is 42.8 Å². The van der Waals surface area contributed by atoms with Crippen LogP contribution in [0.5, 0.6) is 0 Å². The molecule has 0 heterocycles. The van der Waals surface area contributed by atoms with Crippen molar-refractivity contribution >= 4 is 10.8 Å². The maximum atomic E-state index is 3.45. The molecule has 0 nitrogen and oxygen atoms in total. The predicted octanol–water partition coefficient (Wildman–Crippen LogP) is 3.61. The first kappa shape index (κ1) is 8.05. The second kappa shape index (κ2) is 3.13. The summed E-state index contributed by atoms with van der Waals surface area (Å²) >= 11 is 0. The van der Waals surface area contributed by atoms with Gasteiger partial charge in [0.05, 0.1) is 0 Å². The molecule has 0 aliphatic heterocycles. The number of rotatable bonds is 0. The minimum absolute atomic E-state index is 1.12. The maximum Gasteiger partial charge on any atom is 0.0168 e. The van der Waals surface area contributed by atoms with Gasteiger partial charge in [0.2, 0.25) is 0 Å². The Hall–Kier alpha value is -1.30. The molecule has 0 spiro atoms. The van der Waals surface area contributed by atoms with Gasteiger partial charge in [-0.2, -0.15) is 0 Å². The highest BCUT2D eigenvalue weighted by atomic mass is 14.1. The van der Waals surface area contributed by atoms with Gasteiger partial charge in [0.25, 0.3) is 0 Å². The number of hydrogen-bond donors (Lipinski definition) is 0. The second-order valence-electron chi connectivity index (χ2n) is 3.89. The molecule has 0 bridgehead atoms. The quantitative estimate of drug-likeness (QED) is 0.581. The predicted molar refractivity (Wildman–Crippen MR) is 59.2 cm³/mol. The molecule has 0 amide bonds. The number of hydrogen-bond acceptors (Lipinski definition) is 0. The van der Waals surface area contributed by atoms with Gasteiger partial charge in [0, 0.05) is 6.42 Å². The van der Waals surface area contributed by atoms with Crippen LogP contribution < -0.4 is 0 Å². The van der Waals surface area contributed by atoms with Gasteiger partial charge < -0.3 is 0 Å². The van der Waals surface area contributed by atoms with E-state index in [-0.39, 0.29) is 0 Å². The lowest BCUT2D eigenvalue weighted by molar-refractivity contribution is 0.777. The first-order valence-electron chi connectivity index (χ1n) is 5.19. The van der Waals surface area contributed by atoms with E-state index >= 15 is 0 Å². The Balaban J connectivity index is 2.27. The Labute approximate surface area is 84.6 Å². The molecule has 1 aliphatic rings. The van der Waals surface area contributed by atoms with Crippen LogP contribution in [0.15, 0.2) is 36.4 Å². The summed E-state index contributed by atoms with van der Waals surface area (Å²) in [5, 5.41) is 2.69. The van der Waals surface area contributed by atoms with Crippen molar-refractivity contribution in [2.75, 3.05) is 0 Å². The molecule has 1 aliphatic carbocycles. The topological polar surface area (TPSA) is 0 Å². The summed E-state index contributed by atoms with van der Waals surface area (Å²) in [6.45, 7) is 0. The molecule has 2 aromatic rings. The fraction of sp³-hybridized carbons (Fsp3) is 0.214. The van der Waals surface area contributed by atoms with Crippen molar-refractivity contribution in [3.8, 4) is 0 Å². The second-order valence-corrected chi connectivity index (χ2v) is 3.89. The average molecular weight is 180 g/mol. The van der Waals surface area contributed by atoms with E-state index in [4.69, 9.17) is 0 Å². The van der Waals surface area contributed by atoms with Crippen molar-refractivity contribution < 1.29 is 0 Å². The average Bonchev–Trinajstić information content (AvgIpc) is 2.26. The molecule has 0 heteroatoms. The highest BCUT2D eigenvalue weighted by Crippen LogP contribution is 2.27. The largest absolute Gasteiger partial charge is 0.0616 e. The Bertz CT molecular complexity index is 424. The van der Waals surface area contributed by atoms with Gasteiger partial charge in [-0.25, -0.2) is 0 Å². The third-order valence-electron chi connectivity index (χ3n) is 2.91. The van der Waals surface area contributed by atoms with E-state index in [9.17, 15) is 0 Å². The molecular formula is C14H12. The van der Waals surface area contributed by atoms with Gasteiger partial charge in [0.15, 0.2) is 0 Å². The van der Waals surface area contributed by atoms with Crippen LogP contribution in [0.2, 0.25) is 0 Å². The molecule has 0 saturated carbocycles. The van der Waals surface area contributed by atoms with Crippen LogP contribution in [-0.4, -0.2) is 0 Å². The van der Waals surface area contributed by atoms with Gasteiger partial charge >= 0.3 is 0 Å². The lowest BCUT2D eigenvalue weighted by atomic mass is 9.89. The summed E-state index contributed by atoms with van der Waals surface area (Å²) in [7, 11) is 0. The van der Waals surface area contributed by atoms with Gasteiger partial charge in [-0.1, -0.05) is 36.4 Å². The van der Waals surface area contributed by atoms with Crippen LogP contribution >= 0.6 is 0 Å². The molecule has 0 unspecified atom stereocenters. The van der Waals surface area contributed by atoms with Crippen LogP contribution in [0.25, 0.3) is 10.8 Å². The molecule has 14 heavy (non-hydrogen) atoms. The smallest absolute Gasteiger partial charge is 0.0168 e. The fourth-order valence-corrected chi connectivity index (χ4v) is 2.16. The van der Waals surface area contributed by atoms with Crippen molar-refractivity contribution in [3.63, 3.8) is 0 Å². The Morgan fingerprint density at radius 2 is 1.79 bits per heavy atom. The lowest BCUT2D eigenvalue weighted by Crippen LogP contribution is -2.00. The van der Waals surface area contributed by atoms with E-state index in [1.807, 2.05) is 0 Å². The summed E-state index contributed by atoms with van der Waals surface area (Å²) in [5.41, 5.74) is 2.80. The van der Waals surface area contributed by atoms with Gasteiger partial charge in [-0.15, -0.1) is 0 Å². The molecule has 68 valence electrons. The summed E-state index contributed by atoms with van der Waals surface area (Å²) in [5.74, 6) is 0. The SMILES string of the molecule is [C]1CCCc2cc3ccccc3cc21. The van der Waals surface area contributed by atoms with Crippen LogP contribution in [0.1, 0.15) is 24.0 Å². The first-order valence-corrected chi connectivity index (χ1v) is 5.19. The summed E-state index contributed by atoms with van der Waals surface area (Å²) in [6, 6.07) is 13.1. The first-order chi connectivity index (χ1) is 6.93. The van der Waals surface area contributed by atoms with Crippen molar-refractivity contribution in [2.24, 2.45) is 0 Å². The van der Waals surface area contributed by atoms with Crippen molar-refractivity contribution in [1.82, 2.24) is 0 Å². The number of benzene rings is 2. The lowest BCUT2D eigenvalue weighted by Gasteiger charge is -2.15. The van der Waals surface area contributed by atoms with E-state index in [1.54, 1.807) is 0 Å². The summed E-state index contributed by atoms with van der Waals surface area (Å²) in [6.07, 6.45) is 7.04. The molecule has 0 aromatic heterocycles. The number of aryl methyl sites for hydroxylation is 1. The zero-order valence-electron chi connectivity index (χ0n) is 8.09. The minimum Gasteiger partial charge on any atom is -0.0616 e. The molecule has 2 radical (unpaired) electrons. The molecule has 0 N–H and O–H groups in total. The van der Waals surface area contributed by atoms with E-state index in [1.165, 1.54) is 34.7 Å². The fourth-order valence-electron chi connectivity index (χ4n) is 2.16. The minimum atomic E-state index is 1.12. The van der Waals surface area contributed by atoms with Crippen molar-refractivity contribution in [1.29, 1.82) is 0 Å². The molecular weight excluding hydrogens is 168 g/mol. The van der Waals surface area contributed by atoms with E-state index < -0.39 is 0 Å². The number of fused-ring (bicyclic) bond motifs is 2. The van der Waals surface area contributed by atoms with Crippen LogP contribution in [-0.2, 0) is 6.42 Å². The molecule has 2 aromatic carbocycles. The normalized spacial score (nSPS) is 15.4. The van der Waals surface area contributed by atoms with Crippen LogP contribution in [0.3, 0.4) is 0 Å². The maximum absolute atomic E-state index is 3.45. The van der Waals surface area contributed by atoms with E-state index in [0.29, 0.717) is 0 Å². The van der Waals surface area contributed by atoms with Crippen LogP contribution in [0, 0.1) is 6.42 Å². The summed E-state index contributed by atoms with van der Waals surface area (Å²) in [4.78, 5) is 0. The Morgan fingerprint density at radius 1 is 1.00 bits per heavy atom. The Morgan fingerprint density at radius 3 is 2.64 bits per heavy atom. The van der Waals surface area contributed by atoms with E-state index in [0.717, 1.165) is 6.42 Å². The van der Waals surface area contributed by atoms with Crippen molar-refractivity contribution in [3.05, 3.63) is 53.9 Å². The molecule has 0 fully saturated rings. The molecule has 0 atom stereocenters. The monoisotopic (exact) mass is 180 g/mol. The zero-order chi connectivity index (χ0) is 9.38. The standard InChI is InChI=1S/C14H12/c1-2-6-12-10-14-8-4-3-7-13(14)9-11(12)5-1/h1-2,5-6,9-10H,3-4,7H2. The van der Waals surface area contributed by atoms with Crippen LogP contribution in [0.4, 0.5) is 0 Å². The highest BCUT2D eigenvalue weighted by molar-refractivity contribution is 5.84. The highest BCUT2D eigenvalue weighted by Gasteiger charge is 2.10. The third-order valence-corrected chi connectivity index (χ3v) is 2.91. The van der Waals surface area contributed by atoms with Gasteiger partial charge in [-0.05, 0) is 41.2 Å². The molecule has 3 rings (SSSR count). The van der Waals surface area contributed by atoms with Crippen molar-refractivity contribution in [2.45, 2.75) is 19.3 Å². The Kier molecular flexibility index (Phi) is 1.80. The van der Waals surface area contributed by atoms with Gasteiger partial charge in [0.1, 0.15) is 0 Å². The van der Waals surface area contributed by atoms with Gasteiger partial charge in [-0.3, -0.25) is 0 Å².